The van der Waals surface area contributed by atoms with Crippen molar-refractivity contribution in [1.29, 1.82) is 0 Å². The van der Waals surface area contributed by atoms with Gasteiger partial charge >= 0.3 is 5.97 Å². The Morgan fingerprint density at radius 1 is 1.17 bits per heavy atom. The van der Waals surface area contributed by atoms with Crippen molar-refractivity contribution in [2.24, 2.45) is 0 Å². The van der Waals surface area contributed by atoms with Gasteiger partial charge in [0.1, 0.15) is 0 Å². The molecule has 0 aliphatic rings. The molecule has 0 atom stereocenters. The second kappa shape index (κ2) is 8.48. The molecule has 1 aromatic carbocycles. The zero-order valence-electron chi connectivity index (χ0n) is 14.0. The predicted octanol–water partition coefficient (Wildman–Crippen LogP) is 3.13. The van der Waals surface area contributed by atoms with Crippen molar-refractivity contribution in [2.75, 3.05) is 20.3 Å². The van der Waals surface area contributed by atoms with Crippen LogP contribution in [0.4, 0.5) is 0 Å². The molecule has 1 aromatic heterocycles. The summed E-state index contributed by atoms with van der Waals surface area (Å²) in [6.45, 7) is 5.76. The van der Waals surface area contributed by atoms with Crippen LogP contribution in [0.2, 0.25) is 0 Å². The molecular weight excluding hydrogens is 292 g/mol. The van der Waals surface area contributed by atoms with Crippen molar-refractivity contribution in [3.8, 4) is 0 Å². The zero-order valence-corrected chi connectivity index (χ0v) is 14.0. The fourth-order valence-corrected chi connectivity index (χ4v) is 2.40. The highest BCUT2D eigenvalue weighted by molar-refractivity contribution is 5.89. The number of hydrogen-bond acceptors (Lipinski definition) is 4. The molecule has 0 saturated heterocycles. The van der Waals surface area contributed by atoms with Crippen LogP contribution in [0, 0.1) is 13.8 Å². The van der Waals surface area contributed by atoms with Gasteiger partial charge in [0.05, 0.1) is 24.4 Å². The van der Waals surface area contributed by atoms with Crippen molar-refractivity contribution in [3.05, 3.63) is 52.8 Å². The molecule has 2 aromatic rings. The molecule has 2 rings (SSSR count). The maximum absolute atomic E-state index is 12.1. The van der Waals surface area contributed by atoms with E-state index in [1.807, 2.05) is 42.8 Å². The van der Waals surface area contributed by atoms with Crippen LogP contribution in [0.1, 0.15) is 40.2 Å². The van der Waals surface area contributed by atoms with E-state index >= 15 is 0 Å². The summed E-state index contributed by atoms with van der Waals surface area (Å²) < 4.78 is 12.2. The van der Waals surface area contributed by atoms with Crippen LogP contribution in [-0.2, 0) is 16.0 Å². The summed E-state index contributed by atoms with van der Waals surface area (Å²) in [5.74, 6) is -0.280. The lowest BCUT2D eigenvalue weighted by Gasteiger charge is -2.08. The van der Waals surface area contributed by atoms with Crippen LogP contribution in [0.15, 0.2) is 30.3 Å². The Morgan fingerprint density at radius 2 is 1.96 bits per heavy atom. The lowest BCUT2D eigenvalue weighted by Crippen LogP contribution is -2.09. The highest BCUT2D eigenvalue weighted by Gasteiger charge is 2.09. The monoisotopic (exact) mass is 316 g/mol. The highest BCUT2D eigenvalue weighted by Crippen LogP contribution is 2.11. The fourth-order valence-electron chi connectivity index (χ4n) is 2.40. The number of ether oxygens (including phenoxy) is 2. The molecule has 0 unspecified atom stereocenters. The summed E-state index contributed by atoms with van der Waals surface area (Å²) in [7, 11) is 1.67. The van der Waals surface area contributed by atoms with E-state index in [2.05, 4.69) is 5.10 Å². The summed E-state index contributed by atoms with van der Waals surface area (Å²) in [5.41, 5.74) is 3.71. The SMILES string of the molecule is COCCCCOC(=O)c1cccc(Cn2nc(C)cc2C)c1. The van der Waals surface area contributed by atoms with E-state index in [0.29, 0.717) is 25.3 Å². The number of carbonyl (C=O) groups excluding carboxylic acids is 1. The molecule has 0 saturated carbocycles. The van der Waals surface area contributed by atoms with Gasteiger partial charge in [-0.15, -0.1) is 0 Å². The minimum Gasteiger partial charge on any atom is -0.462 e. The Morgan fingerprint density at radius 3 is 2.65 bits per heavy atom. The molecule has 0 radical (unpaired) electrons. The normalized spacial score (nSPS) is 10.7. The summed E-state index contributed by atoms with van der Waals surface area (Å²) in [6.07, 6.45) is 1.70. The maximum Gasteiger partial charge on any atom is 0.338 e. The van der Waals surface area contributed by atoms with Gasteiger partial charge in [-0.05, 0) is 50.5 Å². The van der Waals surface area contributed by atoms with Crippen LogP contribution in [0.3, 0.4) is 0 Å². The lowest BCUT2D eigenvalue weighted by atomic mass is 10.1. The number of carbonyl (C=O) groups is 1. The Kier molecular flexibility index (Phi) is 6.35. The summed E-state index contributed by atoms with van der Waals surface area (Å²) >= 11 is 0. The summed E-state index contributed by atoms with van der Waals surface area (Å²) in [5, 5.41) is 4.45. The van der Waals surface area contributed by atoms with Gasteiger partial charge < -0.3 is 9.47 Å². The number of aromatic nitrogens is 2. The lowest BCUT2D eigenvalue weighted by molar-refractivity contribution is 0.0489. The van der Waals surface area contributed by atoms with E-state index in [9.17, 15) is 4.79 Å². The van der Waals surface area contributed by atoms with E-state index in [1.165, 1.54) is 0 Å². The van der Waals surface area contributed by atoms with Gasteiger partial charge in [-0.3, -0.25) is 4.68 Å². The van der Waals surface area contributed by atoms with E-state index in [1.54, 1.807) is 13.2 Å². The third-order valence-corrected chi connectivity index (χ3v) is 3.57. The molecule has 5 nitrogen and oxygen atoms in total. The van der Waals surface area contributed by atoms with E-state index in [4.69, 9.17) is 9.47 Å². The molecule has 0 aliphatic heterocycles. The van der Waals surface area contributed by atoms with Crippen LogP contribution in [0.25, 0.3) is 0 Å². The molecule has 5 heteroatoms. The minimum absolute atomic E-state index is 0.280. The number of hydrogen-bond donors (Lipinski definition) is 0. The van der Waals surface area contributed by atoms with E-state index < -0.39 is 0 Å². The molecule has 0 aliphatic carbocycles. The van der Waals surface area contributed by atoms with Crippen LogP contribution < -0.4 is 0 Å². The van der Waals surface area contributed by atoms with Gasteiger partial charge in [0, 0.05) is 19.4 Å². The minimum atomic E-state index is -0.280. The Labute approximate surface area is 137 Å². The Bertz CT molecular complexity index is 649. The first-order valence-electron chi connectivity index (χ1n) is 7.86. The topological polar surface area (TPSA) is 53.4 Å². The molecule has 0 bridgehead atoms. The predicted molar refractivity (Wildman–Crippen MR) is 88.6 cm³/mol. The maximum atomic E-state index is 12.1. The van der Waals surface area contributed by atoms with Gasteiger partial charge in [-0.1, -0.05) is 12.1 Å². The number of unbranched alkanes of at least 4 members (excludes halogenated alkanes) is 1. The quantitative estimate of drug-likeness (QED) is 0.554. The second-order valence-corrected chi connectivity index (χ2v) is 5.62. The van der Waals surface area contributed by atoms with E-state index in [-0.39, 0.29) is 5.97 Å². The number of methoxy groups -OCH3 is 1. The van der Waals surface area contributed by atoms with Gasteiger partial charge in [-0.25, -0.2) is 4.79 Å². The largest absolute Gasteiger partial charge is 0.462 e. The average molecular weight is 316 g/mol. The number of benzene rings is 1. The molecule has 23 heavy (non-hydrogen) atoms. The summed E-state index contributed by atoms with van der Waals surface area (Å²) in [6, 6.07) is 9.56. The first-order valence-corrected chi connectivity index (χ1v) is 7.86. The van der Waals surface area contributed by atoms with Crippen LogP contribution >= 0.6 is 0 Å². The van der Waals surface area contributed by atoms with Crippen LogP contribution in [-0.4, -0.2) is 36.1 Å². The molecule has 1 heterocycles. The highest BCUT2D eigenvalue weighted by atomic mass is 16.5. The van der Waals surface area contributed by atoms with Crippen molar-refractivity contribution in [1.82, 2.24) is 9.78 Å². The average Bonchev–Trinajstić information content (AvgIpc) is 2.85. The fraction of sp³-hybridized carbons (Fsp3) is 0.444. The molecule has 0 amide bonds. The molecule has 124 valence electrons. The smallest absolute Gasteiger partial charge is 0.338 e. The van der Waals surface area contributed by atoms with Crippen LogP contribution in [0.5, 0.6) is 0 Å². The number of nitrogens with zero attached hydrogens (tertiary/aromatic N) is 2. The van der Waals surface area contributed by atoms with Crippen molar-refractivity contribution < 1.29 is 14.3 Å². The molecule has 0 N–H and O–H groups in total. The molecular formula is C18H24N2O3. The first kappa shape index (κ1) is 17.2. The number of esters is 1. The molecule has 0 fully saturated rings. The van der Waals surface area contributed by atoms with Crippen molar-refractivity contribution >= 4 is 5.97 Å². The number of aryl methyl sites for hydroxylation is 2. The van der Waals surface area contributed by atoms with E-state index in [0.717, 1.165) is 29.8 Å². The standard InChI is InChI=1S/C18H24N2O3/c1-14-11-15(2)20(19-14)13-16-7-6-8-17(12-16)18(21)23-10-5-4-9-22-3/h6-8,11-12H,4-5,9-10,13H2,1-3H3. The van der Waals surface area contributed by atoms with Crippen molar-refractivity contribution in [2.45, 2.75) is 33.2 Å². The zero-order chi connectivity index (χ0) is 16.7. The van der Waals surface area contributed by atoms with Crippen molar-refractivity contribution in [3.63, 3.8) is 0 Å². The molecule has 0 spiro atoms. The second-order valence-electron chi connectivity index (χ2n) is 5.62. The third kappa shape index (κ3) is 5.21. The van der Waals surface area contributed by atoms with Gasteiger partial charge in [0.2, 0.25) is 0 Å². The Balaban J connectivity index is 1.93. The van der Waals surface area contributed by atoms with Gasteiger partial charge in [0.25, 0.3) is 0 Å². The number of rotatable bonds is 8. The van der Waals surface area contributed by atoms with Gasteiger partial charge in [-0.2, -0.15) is 5.10 Å². The summed E-state index contributed by atoms with van der Waals surface area (Å²) in [4.78, 5) is 12.1. The Hall–Kier alpha value is -2.14. The van der Waals surface area contributed by atoms with Gasteiger partial charge in [0.15, 0.2) is 0 Å². The third-order valence-electron chi connectivity index (χ3n) is 3.57. The first-order chi connectivity index (χ1) is 11.1.